The monoisotopic (exact) mass is 123 g/mol. The lowest BCUT2D eigenvalue weighted by Crippen LogP contribution is -2.18. The van der Waals surface area contributed by atoms with Crippen molar-refractivity contribution in [1.29, 1.82) is 0 Å². The summed E-state index contributed by atoms with van der Waals surface area (Å²) in [5, 5.41) is 0. The number of alkyl halides is 1. The van der Waals surface area contributed by atoms with E-state index in [0.717, 1.165) is 0 Å². The van der Waals surface area contributed by atoms with Crippen molar-refractivity contribution in [2.45, 2.75) is 6.92 Å². The average molecular weight is 124 g/mol. The van der Waals surface area contributed by atoms with Gasteiger partial charge in [-0.05, 0) is 0 Å². The van der Waals surface area contributed by atoms with Crippen molar-refractivity contribution in [2.24, 2.45) is 0 Å². The number of carbonyl (C=O) groups is 1. The van der Waals surface area contributed by atoms with Gasteiger partial charge in [-0.1, -0.05) is 11.6 Å². The molecule has 4 heteroatoms. The molecule has 0 heterocycles. The molecule has 0 aliphatic rings. The summed E-state index contributed by atoms with van der Waals surface area (Å²) in [6.07, 6.45) is 0. The van der Waals surface area contributed by atoms with E-state index in [1.54, 1.807) is 0 Å². The predicted molar refractivity (Wildman–Crippen MR) is 25.6 cm³/mol. The highest BCUT2D eigenvalue weighted by Gasteiger charge is 1.83. The summed E-state index contributed by atoms with van der Waals surface area (Å²) in [5.74, 6) is -0.249. The van der Waals surface area contributed by atoms with Crippen molar-refractivity contribution in [1.82, 2.24) is 5.48 Å². The summed E-state index contributed by atoms with van der Waals surface area (Å²) in [6, 6.07) is -0.0143. The number of rotatable bonds is 2. The molecule has 0 aromatic heterocycles. The van der Waals surface area contributed by atoms with Crippen molar-refractivity contribution in [2.75, 3.05) is 6.07 Å². The number of halogens is 1. The van der Waals surface area contributed by atoms with Gasteiger partial charge >= 0.3 is 0 Å². The van der Waals surface area contributed by atoms with Gasteiger partial charge in [0.15, 0.2) is 0 Å². The Bertz CT molecular complexity index is 66.0. The van der Waals surface area contributed by atoms with Crippen LogP contribution in [0.4, 0.5) is 0 Å². The van der Waals surface area contributed by atoms with E-state index in [2.05, 4.69) is 4.84 Å². The molecule has 0 spiro atoms. The first kappa shape index (κ1) is 6.72. The number of nitrogens with one attached hydrogen (secondary N) is 1. The largest absolute Gasteiger partial charge is 0.273 e. The van der Waals surface area contributed by atoms with Crippen molar-refractivity contribution in [3.8, 4) is 0 Å². The summed E-state index contributed by atoms with van der Waals surface area (Å²) >= 11 is 5.01. The highest BCUT2D eigenvalue weighted by atomic mass is 35.5. The summed E-state index contributed by atoms with van der Waals surface area (Å²) in [6.45, 7) is 1.34. The molecule has 0 unspecified atom stereocenters. The Labute approximate surface area is 46.6 Å². The lowest BCUT2D eigenvalue weighted by atomic mass is 10.8. The quantitative estimate of drug-likeness (QED) is 0.422. The fraction of sp³-hybridized carbons (Fsp3) is 0.667. The second kappa shape index (κ2) is 3.89. The van der Waals surface area contributed by atoms with Gasteiger partial charge in [-0.3, -0.25) is 9.63 Å². The molecule has 0 aliphatic carbocycles. The van der Waals surface area contributed by atoms with Crippen molar-refractivity contribution < 1.29 is 9.63 Å². The van der Waals surface area contributed by atoms with Gasteiger partial charge in [0.25, 0.3) is 0 Å². The van der Waals surface area contributed by atoms with Crippen LogP contribution in [-0.4, -0.2) is 12.0 Å². The van der Waals surface area contributed by atoms with Gasteiger partial charge in [0.1, 0.15) is 6.07 Å². The van der Waals surface area contributed by atoms with E-state index < -0.39 is 0 Å². The summed E-state index contributed by atoms with van der Waals surface area (Å²) in [5.41, 5.74) is 2.02. The van der Waals surface area contributed by atoms with Crippen LogP contribution in [0.1, 0.15) is 6.92 Å². The third-order valence-corrected chi connectivity index (χ3v) is 0.380. The maximum absolute atomic E-state index is 9.91. The molecule has 7 heavy (non-hydrogen) atoms. The SMILES string of the molecule is CC(=O)NOCCl. The molecule has 1 N–H and O–H groups in total. The maximum atomic E-state index is 9.91. The molecule has 0 saturated heterocycles. The second-order valence-electron chi connectivity index (χ2n) is 0.912. The third kappa shape index (κ3) is 5.72. The van der Waals surface area contributed by atoms with Gasteiger partial charge in [-0.2, -0.15) is 0 Å². The Kier molecular flexibility index (Phi) is 3.74. The Morgan fingerprint density at radius 2 is 2.57 bits per heavy atom. The van der Waals surface area contributed by atoms with Crippen molar-refractivity contribution in [3.05, 3.63) is 0 Å². The van der Waals surface area contributed by atoms with E-state index in [1.165, 1.54) is 6.92 Å². The number of carbonyl (C=O) groups excluding carboxylic acids is 1. The highest BCUT2D eigenvalue weighted by Crippen LogP contribution is 1.70. The van der Waals surface area contributed by atoms with Crippen LogP contribution in [0, 0.1) is 0 Å². The zero-order valence-corrected chi connectivity index (χ0v) is 4.66. The topological polar surface area (TPSA) is 38.3 Å². The first-order chi connectivity index (χ1) is 3.27. The third-order valence-electron chi connectivity index (χ3n) is 0.270. The molecule has 42 valence electrons. The van der Waals surface area contributed by atoms with Crippen molar-refractivity contribution in [3.63, 3.8) is 0 Å². The normalized spacial score (nSPS) is 8.29. The van der Waals surface area contributed by atoms with Gasteiger partial charge in [0.05, 0.1) is 0 Å². The second-order valence-corrected chi connectivity index (χ2v) is 1.13. The van der Waals surface area contributed by atoms with Crippen LogP contribution in [0.5, 0.6) is 0 Å². The van der Waals surface area contributed by atoms with Crippen LogP contribution in [-0.2, 0) is 9.63 Å². The smallest absolute Gasteiger partial charge is 0.240 e. The minimum Gasteiger partial charge on any atom is -0.273 e. The Morgan fingerprint density at radius 3 is 2.71 bits per heavy atom. The zero-order valence-electron chi connectivity index (χ0n) is 3.90. The molecule has 0 radical (unpaired) electrons. The lowest BCUT2D eigenvalue weighted by Gasteiger charge is -1.94. The highest BCUT2D eigenvalue weighted by molar-refractivity contribution is 6.17. The molecule has 0 saturated carbocycles. The van der Waals surface area contributed by atoms with Crippen LogP contribution in [0.15, 0.2) is 0 Å². The first-order valence-electron chi connectivity index (χ1n) is 1.71. The minimum atomic E-state index is -0.249. The van der Waals surface area contributed by atoms with Gasteiger partial charge < -0.3 is 0 Å². The van der Waals surface area contributed by atoms with Gasteiger partial charge in [0, 0.05) is 6.92 Å². The molecule has 0 aromatic rings. The predicted octanol–water partition coefficient (Wildman–Crippen LogP) is 0.250. The molecule has 1 amide bonds. The fourth-order valence-corrected chi connectivity index (χ4v) is 0.183. The van der Waals surface area contributed by atoms with E-state index >= 15 is 0 Å². The van der Waals surface area contributed by atoms with Crippen LogP contribution in [0.3, 0.4) is 0 Å². The summed E-state index contributed by atoms with van der Waals surface area (Å²) in [7, 11) is 0. The van der Waals surface area contributed by atoms with Crippen LogP contribution in [0.25, 0.3) is 0 Å². The van der Waals surface area contributed by atoms with Gasteiger partial charge in [0.2, 0.25) is 5.91 Å². The number of hydrogen-bond acceptors (Lipinski definition) is 2. The van der Waals surface area contributed by atoms with Crippen LogP contribution in [0.2, 0.25) is 0 Å². The molecule has 0 aromatic carbocycles. The molecule has 0 rings (SSSR count). The molecular weight excluding hydrogens is 117 g/mol. The molecule has 0 aliphatic heterocycles. The molecule has 0 bridgehead atoms. The van der Waals surface area contributed by atoms with E-state index in [4.69, 9.17) is 11.6 Å². The van der Waals surface area contributed by atoms with E-state index in [1.807, 2.05) is 5.48 Å². The maximum Gasteiger partial charge on any atom is 0.240 e. The number of hydroxylamine groups is 1. The number of amides is 1. The van der Waals surface area contributed by atoms with Crippen LogP contribution < -0.4 is 5.48 Å². The van der Waals surface area contributed by atoms with E-state index in [-0.39, 0.29) is 12.0 Å². The summed E-state index contributed by atoms with van der Waals surface area (Å²) in [4.78, 5) is 14.2. The molecular formula is C3H6ClNO2. The van der Waals surface area contributed by atoms with Crippen LogP contribution >= 0.6 is 11.6 Å². The van der Waals surface area contributed by atoms with E-state index in [9.17, 15) is 4.79 Å². The zero-order chi connectivity index (χ0) is 5.70. The van der Waals surface area contributed by atoms with Crippen molar-refractivity contribution >= 4 is 17.5 Å². The standard InChI is InChI=1S/C3H6ClNO2/c1-3(6)5-7-2-4/h2H2,1H3,(H,5,6). The Hall–Kier alpha value is -0.280. The fourth-order valence-electron chi connectivity index (χ4n) is 0.129. The Morgan fingerprint density at radius 1 is 2.00 bits per heavy atom. The molecule has 3 nitrogen and oxygen atoms in total. The average Bonchev–Trinajstić information content (AvgIpc) is 1.61. The van der Waals surface area contributed by atoms with Gasteiger partial charge in [-0.15, -0.1) is 0 Å². The Balaban J connectivity index is 2.82. The van der Waals surface area contributed by atoms with E-state index in [0.29, 0.717) is 0 Å². The lowest BCUT2D eigenvalue weighted by molar-refractivity contribution is -0.129. The number of hydrogen-bond donors (Lipinski definition) is 1. The molecule has 0 fully saturated rings. The first-order valence-corrected chi connectivity index (χ1v) is 2.25. The molecule has 0 atom stereocenters. The van der Waals surface area contributed by atoms with Gasteiger partial charge in [-0.25, -0.2) is 5.48 Å². The summed E-state index contributed by atoms with van der Waals surface area (Å²) < 4.78 is 0. The minimum absolute atomic E-state index is 0.0143.